The van der Waals surface area contributed by atoms with Crippen molar-refractivity contribution in [2.45, 2.75) is 19.5 Å². The van der Waals surface area contributed by atoms with Gasteiger partial charge in [-0.1, -0.05) is 0 Å². The van der Waals surface area contributed by atoms with E-state index in [1.807, 2.05) is 30.6 Å². The van der Waals surface area contributed by atoms with Crippen molar-refractivity contribution in [3.63, 3.8) is 0 Å². The topological polar surface area (TPSA) is 70.6 Å². The zero-order chi connectivity index (χ0) is 17.3. The second kappa shape index (κ2) is 6.31. The second-order valence-electron chi connectivity index (χ2n) is 6.58. The van der Waals surface area contributed by atoms with Gasteiger partial charge in [-0.25, -0.2) is 15.0 Å². The molecule has 0 fully saturated rings. The highest BCUT2D eigenvalue weighted by Crippen LogP contribution is 2.23. The first-order valence-electron chi connectivity index (χ1n) is 8.75. The summed E-state index contributed by atoms with van der Waals surface area (Å²) >= 11 is 0. The normalized spacial score (nSPS) is 14.5. The van der Waals surface area contributed by atoms with E-state index in [1.165, 1.54) is 16.5 Å². The van der Waals surface area contributed by atoms with Crippen molar-refractivity contribution in [1.82, 2.24) is 29.8 Å². The Hall–Kier alpha value is -3.12. The summed E-state index contributed by atoms with van der Waals surface area (Å²) in [6.45, 7) is 2.73. The highest BCUT2D eigenvalue weighted by molar-refractivity contribution is 5.79. The van der Waals surface area contributed by atoms with Crippen molar-refractivity contribution in [2.24, 2.45) is 0 Å². The molecule has 1 N–H and O–H groups in total. The van der Waals surface area contributed by atoms with Crippen molar-refractivity contribution in [1.29, 1.82) is 0 Å². The number of H-pyrrole nitrogens is 1. The summed E-state index contributed by atoms with van der Waals surface area (Å²) in [5, 5.41) is 1.19. The molecule has 0 radical (unpaired) electrons. The van der Waals surface area contributed by atoms with E-state index in [2.05, 4.69) is 37.1 Å². The van der Waals surface area contributed by atoms with Crippen LogP contribution in [0.5, 0.6) is 0 Å². The lowest BCUT2D eigenvalue weighted by Gasteiger charge is -2.27. The minimum absolute atomic E-state index is 0.745. The Labute approximate surface area is 151 Å². The molecule has 4 aromatic heterocycles. The molecule has 0 amide bonds. The van der Waals surface area contributed by atoms with Crippen molar-refractivity contribution in [3.05, 3.63) is 72.1 Å². The average Bonchev–Trinajstić information content (AvgIpc) is 3.11. The molecule has 0 saturated carbocycles. The second-order valence-corrected chi connectivity index (χ2v) is 6.58. The Kier molecular flexibility index (Phi) is 3.68. The lowest BCUT2D eigenvalue weighted by molar-refractivity contribution is 0.242. The lowest BCUT2D eigenvalue weighted by atomic mass is 10.1. The predicted octanol–water partition coefficient (Wildman–Crippen LogP) is 2.97. The third-order valence-electron chi connectivity index (χ3n) is 4.88. The van der Waals surface area contributed by atoms with Crippen molar-refractivity contribution >= 4 is 11.0 Å². The fourth-order valence-electron chi connectivity index (χ4n) is 3.51. The van der Waals surface area contributed by atoms with Crippen molar-refractivity contribution in [2.75, 3.05) is 6.54 Å². The van der Waals surface area contributed by atoms with Gasteiger partial charge in [0, 0.05) is 61.6 Å². The number of hydrogen-bond donors (Lipinski definition) is 1. The van der Waals surface area contributed by atoms with E-state index in [9.17, 15) is 0 Å². The number of rotatable bonds is 3. The Balaban J connectivity index is 1.40. The predicted molar refractivity (Wildman–Crippen MR) is 99.2 cm³/mol. The van der Waals surface area contributed by atoms with Gasteiger partial charge in [0.15, 0.2) is 5.82 Å². The Morgan fingerprint density at radius 1 is 1.08 bits per heavy atom. The number of aromatic amines is 1. The lowest BCUT2D eigenvalue weighted by Crippen LogP contribution is -2.31. The first kappa shape index (κ1) is 15.2. The molecule has 0 saturated heterocycles. The maximum atomic E-state index is 4.81. The standard InChI is InChI=1S/C20H18N6/c1-3-15(9-21-6-1)19-23-10-14-5-8-26(13-18(14)25-19)12-16-11-24-20-17(16)4-2-7-22-20/h1-4,6-7,9-11H,5,8,12-13H2,(H,22,24). The number of pyridine rings is 2. The quantitative estimate of drug-likeness (QED) is 0.620. The molecular weight excluding hydrogens is 324 g/mol. The van der Waals surface area contributed by atoms with Gasteiger partial charge in [0.25, 0.3) is 0 Å². The molecule has 5 heterocycles. The summed E-state index contributed by atoms with van der Waals surface area (Å²) < 4.78 is 0. The third kappa shape index (κ3) is 2.74. The van der Waals surface area contributed by atoms with E-state index < -0.39 is 0 Å². The number of nitrogens with zero attached hydrogens (tertiary/aromatic N) is 5. The summed E-state index contributed by atoms with van der Waals surface area (Å²) in [7, 11) is 0. The van der Waals surface area contributed by atoms with Crippen LogP contribution in [-0.2, 0) is 19.5 Å². The van der Waals surface area contributed by atoms with Gasteiger partial charge in [0.05, 0.1) is 5.69 Å². The summed E-state index contributed by atoms with van der Waals surface area (Å²) in [5.41, 5.74) is 5.53. The highest BCUT2D eigenvalue weighted by Gasteiger charge is 2.20. The molecule has 1 aliphatic heterocycles. The number of fused-ring (bicyclic) bond motifs is 2. The number of aromatic nitrogens is 5. The Bertz CT molecular complexity index is 1060. The van der Waals surface area contributed by atoms with E-state index in [0.717, 1.165) is 48.8 Å². The maximum Gasteiger partial charge on any atom is 0.160 e. The fraction of sp³-hybridized carbons (Fsp3) is 0.200. The van der Waals surface area contributed by atoms with Crippen LogP contribution in [0.1, 0.15) is 16.8 Å². The zero-order valence-corrected chi connectivity index (χ0v) is 14.3. The molecule has 1 aliphatic rings. The summed E-state index contributed by atoms with van der Waals surface area (Å²) in [5.74, 6) is 0.745. The van der Waals surface area contributed by atoms with Crippen LogP contribution in [0, 0.1) is 0 Å². The first-order chi connectivity index (χ1) is 12.9. The Morgan fingerprint density at radius 3 is 2.96 bits per heavy atom. The van der Waals surface area contributed by atoms with Crippen LogP contribution < -0.4 is 0 Å². The SMILES string of the molecule is c1cncc(-c2ncc3c(n2)CN(Cc2c[nH]c4ncccc24)CC3)c1. The van der Waals surface area contributed by atoms with Crippen molar-refractivity contribution < 1.29 is 0 Å². The van der Waals surface area contributed by atoms with E-state index >= 15 is 0 Å². The molecule has 5 rings (SSSR count). The molecular formula is C20H18N6. The summed E-state index contributed by atoms with van der Waals surface area (Å²) in [4.78, 5) is 23.6. The van der Waals surface area contributed by atoms with Gasteiger partial charge in [0.1, 0.15) is 5.65 Å². The molecule has 128 valence electrons. The average molecular weight is 342 g/mol. The minimum Gasteiger partial charge on any atom is -0.346 e. The van der Waals surface area contributed by atoms with E-state index in [-0.39, 0.29) is 0 Å². The van der Waals surface area contributed by atoms with Crippen LogP contribution in [0.2, 0.25) is 0 Å². The fourth-order valence-corrected chi connectivity index (χ4v) is 3.51. The van der Waals surface area contributed by atoms with Crippen LogP contribution in [0.25, 0.3) is 22.4 Å². The first-order valence-corrected chi connectivity index (χ1v) is 8.75. The van der Waals surface area contributed by atoms with Gasteiger partial charge in [-0.05, 0) is 41.8 Å². The van der Waals surface area contributed by atoms with Gasteiger partial charge in [-0.15, -0.1) is 0 Å². The molecule has 0 unspecified atom stereocenters. The Morgan fingerprint density at radius 2 is 2.04 bits per heavy atom. The van der Waals surface area contributed by atoms with E-state index in [4.69, 9.17) is 4.98 Å². The van der Waals surface area contributed by atoms with Crippen molar-refractivity contribution in [3.8, 4) is 11.4 Å². The van der Waals surface area contributed by atoms with Crippen LogP contribution in [-0.4, -0.2) is 36.4 Å². The monoisotopic (exact) mass is 342 g/mol. The van der Waals surface area contributed by atoms with Gasteiger partial charge in [0.2, 0.25) is 0 Å². The van der Waals surface area contributed by atoms with Crippen LogP contribution in [0.15, 0.2) is 55.2 Å². The smallest absolute Gasteiger partial charge is 0.160 e. The van der Waals surface area contributed by atoms with E-state index in [0.29, 0.717) is 0 Å². The number of nitrogens with one attached hydrogen (secondary N) is 1. The molecule has 26 heavy (non-hydrogen) atoms. The molecule has 0 atom stereocenters. The summed E-state index contributed by atoms with van der Waals surface area (Å²) in [6.07, 6.45) is 10.4. The number of hydrogen-bond acceptors (Lipinski definition) is 5. The molecule has 0 spiro atoms. The maximum absolute atomic E-state index is 4.81. The van der Waals surface area contributed by atoms with Gasteiger partial charge in [-0.3, -0.25) is 9.88 Å². The molecule has 0 aromatic carbocycles. The third-order valence-corrected chi connectivity index (χ3v) is 4.88. The van der Waals surface area contributed by atoms with Gasteiger partial charge < -0.3 is 4.98 Å². The molecule has 6 nitrogen and oxygen atoms in total. The largest absolute Gasteiger partial charge is 0.346 e. The van der Waals surface area contributed by atoms with Gasteiger partial charge in [-0.2, -0.15) is 0 Å². The molecule has 0 bridgehead atoms. The molecule has 4 aromatic rings. The van der Waals surface area contributed by atoms with Gasteiger partial charge >= 0.3 is 0 Å². The van der Waals surface area contributed by atoms with Crippen LogP contribution in [0.3, 0.4) is 0 Å². The van der Waals surface area contributed by atoms with E-state index in [1.54, 1.807) is 12.4 Å². The highest BCUT2D eigenvalue weighted by atomic mass is 15.1. The zero-order valence-electron chi connectivity index (χ0n) is 14.3. The minimum atomic E-state index is 0.745. The molecule has 0 aliphatic carbocycles. The summed E-state index contributed by atoms with van der Waals surface area (Å²) in [6, 6.07) is 8.01. The molecule has 6 heteroatoms. The van der Waals surface area contributed by atoms with Crippen LogP contribution >= 0.6 is 0 Å². The van der Waals surface area contributed by atoms with Crippen LogP contribution in [0.4, 0.5) is 0 Å².